The number of ether oxygens (including phenoxy) is 1. The average Bonchev–Trinajstić information content (AvgIpc) is 2.51. The molecule has 0 fully saturated rings. The van der Waals surface area contributed by atoms with Crippen LogP contribution in [0.5, 0.6) is 0 Å². The zero-order valence-electron chi connectivity index (χ0n) is 15.7. The third-order valence-corrected chi connectivity index (χ3v) is 5.39. The highest BCUT2D eigenvalue weighted by atomic mass is 32.2. The molecule has 1 unspecified atom stereocenters. The fraction of sp³-hybridized carbons (Fsp3) is 0.474. The van der Waals surface area contributed by atoms with Crippen molar-refractivity contribution in [3.63, 3.8) is 0 Å². The minimum Gasteiger partial charge on any atom is -0.444 e. The molecule has 2 aromatic rings. The predicted octanol–water partition coefficient (Wildman–Crippen LogP) is 3.45. The van der Waals surface area contributed by atoms with Gasteiger partial charge in [0.25, 0.3) is 0 Å². The van der Waals surface area contributed by atoms with E-state index in [0.29, 0.717) is 12.0 Å². The second-order valence-electron chi connectivity index (χ2n) is 7.34. The molecular formula is C19H26N2O4S. The van der Waals surface area contributed by atoms with Gasteiger partial charge in [-0.1, -0.05) is 25.1 Å². The minimum absolute atomic E-state index is 0.114. The SMILES string of the molecule is CCC(CS(=O)(=O)Cc1cnc2ccccc2c1)NC(=O)OC(C)(C)C. The van der Waals surface area contributed by atoms with E-state index in [-0.39, 0.29) is 11.5 Å². The molecule has 26 heavy (non-hydrogen) atoms. The van der Waals surface area contributed by atoms with E-state index in [0.717, 1.165) is 10.9 Å². The Morgan fingerprint density at radius 3 is 2.62 bits per heavy atom. The zero-order valence-corrected chi connectivity index (χ0v) is 16.5. The summed E-state index contributed by atoms with van der Waals surface area (Å²) in [7, 11) is -3.41. The molecule has 1 heterocycles. The van der Waals surface area contributed by atoms with E-state index in [4.69, 9.17) is 4.74 Å². The zero-order chi connectivity index (χ0) is 19.4. The minimum atomic E-state index is -3.41. The number of carbonyl (C=O) groups excluding carboxylic acids is 1. The van der Waals surface area contributed by atoms with Crippen molar-refractivity contribution < 1.29 is 17.9 Å². The van der Waals surface area contributed by atoms with E-state index in [1.54, 1.807) is 27.0 Å². The fourth-order valence-electron chi connectivity index (χ4n) is 2.55. The third-order valence-electron chi connectivity index (χ3n) is 3.70. The number of sulfone groups is 1. The molecule has 0 bridgehead atoms. The number of hydrogen-bond acceptors (Lipinski definition) is 5. The Labute approximate surface area is 154 Å². The quantitative estimate of drug-likeness (QED) is 0.832. The van der Waals surface area contributed by atoms with Gasteiger partial charge < -0.3 is 10.1 Å². The van der Waals surface area contributed by atoms with Gasteiger partial charge in [-0.3, -0.25) is 4.98 Å². The van der Waals surface area contributed by atoms with Crippen LogP contribution in [-0.2, 0) is 20.3 Å². The standard InChI is InChI=1S/C19H26N2O4S/c1-5-16(21-18(22)25-19(2,3)4)13-26(23,24)12-14-10-15-8-6-7-9-17(15)20-11-14/h6-11,16H,5,12-13H2,1-4H3,(H,21,22). The highest BCUT2D eigenvalue weighted by molar-refractivity contribution is 7.90. The third kappa shape index (κ3) is 6.29. The number of benzene rings is 1. The van der Waals surface area contributed by atoms with Crippen molar-refractivity contribution in [3.05, 3.63) is 42.1 Å². The second-order valence-corrected chi connectivity index (χ2v) is 9.45. The number of hydrogen-bond donors (Lipinski definition) is 1. The van der Waals surface area contributed by atoms with Gasteiger partial charge >= 0.3 is 6.09 Å². The average molecular weight is 378 g/mol. The Hall–Kier alpha value is -2.15. The summed E-state index contributed by atoms with van der Waals surface area (Å²) < 4.78 is 30.3. The number of nitrogens with one attached hydrogen (secondary N) is 1. The van der Waals surface area contributed by atoms with E-state index in [9.17, 15) is 13.2 Å². The summed E-state index contributed by atoms with van der Waals surface area (Å²) in [5.74, 6) is -0.257. The number of pyridine rings is 1. The van der Waals surface area contributed by atoms with Gasteiger partial charge in [0.1, 0.15) is 5.60 Å². The van der Waals surface area contributed by atoms with Crippen LogP contribution >= 0.6 is 0 Å². The molecule has 1 aromatic heterocycles. The number of carbonyl (C=O) groups is 1. The molecule has 1 atom stereocenters. The first-order valence-electron chi connectivity index (χ1n) is 8.61. The van der Waals surface area contributed by atoms with E-state index in [2.05, 4.69) is 10.3 Å². The van der Waals surface area contributed by atoms with Gasteiger partial charge in [-0.25, -0.2) is 13.2 Å². The van der Waals surface area contributed by atoms with Gasteiger partial charge in [-0.15, -0.1) is 0 Å². The van der Waals surface area contributed by atoms with Crippen LogP contribution in [0.25, 0.3) is 10.9 Å². The number of aromatic nitrogens is 1. The Bertz CT molecular complexity index is 872. The lowest BCUT2D eigenvalue weighted by Crippen LogP contribution is -2.42. The molecule has 142 valence electrons. The lowest BCUT2D eigenvalue weighted by atomic mass is 10.2. The fourth-order valence-corrected chi connectivity index (χ4v) is 4.27. The summed E-state index contributed by atoms with van der Waals surface area (Å²) in [6.07, 6.45) is 1.48. The van der Waals surface area contributed by atoms with Crippen molar-refractivity contribution in [3.8, 4) is 0 Å². The Kier molecular flexibility index (Phi) is 6.23. The van der Waals surface area contributed by atoms with Gasteiger partial charge in [-0.05, 0) is 44.9 Å². The van der Waals surface area contributed by atoms with E-state index in [1.807, 2.05) is 37.3 Å². The molecule has 0 spiro atoms. The summed E-state index contributed by atoms with van der Waals surface area (Å²) in [5, 5.41) is 3.54. The summed E-state index contributed by atoms with van der Waals surface area (Å²) >= 11 is 0. The van der Waals surface area contributed by atoms with Crippen molar-refractivity contribution in [2.24, 2.45) is 0 Å². The van der Waals surface area contributed by atoms with Gasteiger partial charge in [0.05, 0.1) is 17.0 Å². The molecule has 1 aromatic carbocycles. The maximum atomic E-state index is 12.6. The number of para-hydroxylation sites is 1. The van der Waals surface area contributed by atoms with Gasteiger partial charge in [-0.2, -0.15) is 0 Å². The number of amides is 1. The van der Waals surface area contributed by atoms with Gasteiger partial charge in [0.2, 0.25) is 0 Å². The summed E-state index contributed by atoms with van der Waals surface area (Å²) in [6.45, 7) is 7.11. The Balaban J connectivity index is 2.04. The van der Waals surface area contributed by atoms with Gasteiger partial charge in [0.15, 0.2) is 9.84 Å². The number of rotatable bonds is 6. The van der Waals surface area contributed by atoms with Crippen LogP contribution in [-0.4, -0.2) is 36.9 Å². The van der Waals surface area contributed by atoms with E-state index < -0.39 is 27.6 Å². The molecule has 0 radical (unpaired) electrons. The van der Waals surface area contributed by atoms with Crippen molar-refractivity contribution in [1.82, 2.24) is 10.3 Å². The maximum absolute atomic E-state index is 12.6. The second kappa shape index (κ2) is 8.03. The van der Waals surface area contributed by atoms with E-state index in [1.165, 1.54) is 0 Å². The molecule has 0 saturated heterocycles. The maximum Gasteiger partial charge on any atom is 0.407 e. The number of alkyl carbamates (subject to hydrolysis) is 1. The first-order chi connectivity index (χ1) is 12.1. The summed E-state index contributed by atoms with van der Waals surface area (Å²) in [4.78, 5) is 16.2. The summed E-state index contributed by atoms with van der Waals surface area (Å²) in [6, 6.07) is 8.90. The van der Waals surface area contributed by atoms with Crippen LogP contribution in [0.3, 0.4) is 0 Å². The topological polar surface area (TPSA) is 85.4 Å². The highest BCUT2D eigenvalue weighted by Gasteiger charge is 2.23. The molecule has 7 heteroatoms. The largest absolute Gasteiger partial charge is 0.444 e. The molecule has 0 aliphatic rings. The van der Waals surface area contributed by atoms with Crippen LogP contribution < -0.4 is 5.32 Å². The van der Waals surface area contributed by atoms with Crippen LogP contribution in [0.2, 0.25) is 0 Å². The van der Waals surface area contributed by atoms with Crippen molar-refractivity contribution in [1.29, 1.82) is 0 Å². The normalized spacial score (nSPS) is 13.4. The smallest absolute Gasteiger partial charge is 0.407 e. The molecule has 6 nitrogen and oxygen atoms in total. The van der Waals surface area contributed by atoms with Gasteiger partial charge in [0, 0.05) is 17.6 Å². The molecule has 0 saturated carbocycles. The predicted molar refractivity (Wildman–Crippen MR) is 103 cm³/mol. The van der Waals surface area contributed by atoms with Crippen LogP contribution in [0.1, 0.15) is 39.7 Å². The Morgan fingerprint density at radius 2 is 1.96 bits per heavy atom. The Morgan fingerprint density at radius 1 is 1.27 bits per heavy atom. The highest BCUT2D eigenvalue weighted by Crippen LogP contribution is 2.16. The van der Waals surface area contributed by atoms with Crippen LogP contribution in [0, 0.1) is 0 Å². The lowest BCUT2D eigenvalue weighted by molar-refractivity contribution is 0.0508. The van der Waals surface area contributed by atoms with Crippen molar-refractivity contribution in [2.45, 2.75) is 51.5 Å². The van der Waals surface area contributed by atoms with Crippen molar-refractivity contribution >= 4 is 26.8 Å². The van der Waals surface area contributed by atoms with Crippen molar-refractivity contribution in [2.75, 3.05) is 5.75 Å². The van der Waals surface area contributed by atoms with Crippen LogP contribution in [0.4, 0.5) is 4.79 Å². The molecule has 2 rings (SSSR count). The number of nitrogens with zero attached hydrogens (tertiary/aromatic N) is 1. The molecule has 0 aliphatic carbocycles. The summed E-state index contributed by atoms with van der Waals surface area (Å²) in [5.41, 5.74) is 0.834. The first kappa shape index (κ1) is 20.2. The first-order valence-corrected chi connectivity index (χ1v) is 10.4. The molecule has 0 aliphatic heterocycles. The monoisotopic (exact) mass is 378 g/mol. The molecular weight excluding hydrogens is 352 g/mol. The van der Waals surface area contributed by atoms with E-state index >= 15 is 0 Å². The molecule has 1 amide bonds. The lowest BCUT2D eigenvalue weighted by Gasteiger charge is -2.23. The van der Waals surface area contributed by atoms with Crippen LogP contribution in [0.15, 0.2) is 36.5 Å². The molecule has 1 N–H and O–H groups in total. The number of fused-ring (bicyclic) bond motifs is 1.